The van der Waals surface area contributed by atoms with Gasteiger partial charge in [-0.3, -0.25) is 0 Å². The highest BCUT2D eigenvalue weighted by molar-refractivity contribution is 4.69. The predicted octanol–water partition coefficient (Wildman–Crippen LogP) is 3.48. The van der Waals surface area contributed by atoms with E-state index in [0.29, 0.717) is 0 Å². The van der Waals surface area contributed by atoms with E-state index in [-0.39, 0.29) is 0 Å². The van der Waals surface area contributed by atoms with Gasteiger partial charge in [-0.05, 0) is 71.2 Å². The molecule has 2 aliphatic heterocycles. The Morgan fingerprint density at radius 2 is 1.39 bits per heavy atom. The molecule has 2 saturated heterocycles. The van der Waals surface area contributed by atoms with E-state index in [2.05, 4.69) is 37.7 Å². The Morgan fingerprint density at radius 1 is 0.778 bits per heavy atom. The summed E-state index contributed by atoms with van der Waals surface area (Å²) in [5.41, 5.74) is 0. The molecule has 2 rings (SSSR count). The summed E-state index contributed by atoms with van der Waals surface area (Å²) in [4.78, 5) is 4.86. The van der Waals surface area contributed by atoms with Gasteiger partial charge in [0, 0.05) is 6.54 Å². The van der Waals surface area contributed by atoms with Crippen LogP contribution in [0.25, 0.3) is 0 Å². The highest BCUT2D eigenvalue weighted by atomic mass is 15.1. The van der Waals surface area contributed by atoms with Gasteiger partial charge in [-0.15, -0.1) is 0 Å². The van der Waals surface area contributed by atoms with E-state index >= 15 is 0 Å². The first kappa shape index (κ1) is 16.0. The summed E-state index contributed by atoms with van der Waals surface area (Å²) in [6.45, 7) is 9.88. The van der Waals surface area contributed by atoms with E-state index in [1.807, 2.05) is 0 Å². The van der Waals surface area contributed by atoms with Crippen molar-refractivity contribution in [1.29, 1.82) is 0 Å². The highest BCUT2D eigenvalue weighted by Gasteiger charge is 2.14. The molecule has 0 aliphatic carbocycles. The minimum absolute atomic E-state index is 0.990. The van der Waals surface area contributed by atoms with E-state index in [9.17, 15) is 0 Å². The molecule has 18 heavy (non-hydrogen) atoms. The molecule has 0 saturated carbocycles. The maximum absolute atomic E-state index is 2.44. The average molecular weight is 254 g/mol. The van der Waals surface area contributed by atoms with E-state index < -0.39 is 0 Å². The minimum atomic E-state index is 0.990. The molecule has 2 nitrogen and oxygen atoms in total. The van der Waals surface area contributed by atoms with Crippen LogP contribution in [0.4, 0.5) is 0 Å². The van der Waals surface area contributed by atoms with Gasteiger partial charge in [-0.2, -0.15) is 0 Å². The molecular formula is C16H34N2. The lowest BCUT2D eigenvalue weighted by atomic mass is 9.95. The molecule has 0 aromatic heterocycles. The lowest BCUT2D eigenvalue weighted by Gasteiger charge is -2.28. The zero-order chi connectivity index (χ0) is 13.4. The average Bonchev–Trinajstić information content (AvgIpc) is 2.40. The normalized spacial score (nSPS) is 27.7. The summed E-state index contributed by atoms with van der Waals surface area (Å²) in [7, 11) is 4.44. The van der Waals surface area contributed by atoms with E-state index in [1.165, 1.54) is 64.7 Å². The Balaban J connectivity index is 0.000000180. The summed E-state index contributed by atoms with van der Waals surface area (Å²) < 4.78 is 0. The standard InChI is InChI=1S/2C8H17N/c1-3-8-4-6-9(2)7-5-8;1-3-8-5-4-6-9(2)7-8/h2*8H,3-7H2,1-2H3. The fraction of sp³-hybridized carbons (Fsp3) is 1.00. The Morgan fingerprint density at radius 3 is 1.83 bits per heavy atom. The van der Waals surface area contributed by atoms with Gasteiger partial charge in [0.2, 0.25) is 0 Å². The number of hydrogen-bond acceptors (Lipinski definition) is 2. The number of rotatable bonds is 2. The van der Waals surface area contributed by atoms with Gasteiger partial charge in [0.05, 0.1) is 0 Å². The van der Waals surface area contributed by atoms with Crippen molar-refractivity contribution >= 4 is 0 Å². The molecule has 2 fully saturated rings. The van der Waals surface area contributed by atoms with Crippen LogP contribution in [0.2, 0.25) is 0 Å². The molecule has 0 N–H and O–H groups in total. The summed E-state index contributed by atoms with van der Waals surface area (Å²) in [6, 6.07) is 0. The Labute approximate surface area is 115 Å². The van der Waals surface area contributed by atoms with Crippen molar-refractivity contribution in [2.24, 2.45) is 11.8 Å². The van der Waals surface area contributed by atoms with Gasteiger partial charge in [0.1, 0.15) is 0 Å². The largest absolute Gasteiger partial charge is 0.306 e. The van der Waals surface area contributed by atoms with Crippen molar-refractivity contribution in [2.45, 2.75) is 52.4 Å². The highest BCUT2D eigenvalue weighted by Crippen LogP contribution is 2.18. The van der Waals surface area contributed by atoms with Crippen LogP contribution in [0.15, 0.2) is 0 Å². The lowest BCUT2D eigenvalue weighted by Crippen LogP contribution is -2.31. The Kier molecular flexibility index (Phi) is 7.92. The maximum atomic E-state index is 2.44. The molecule has 2 aliphatic rings. The maximum Gasteiger partial charge on any atom is 0.000651 e. The SMILES string of the molecule is CCC1CCCN(C)C1.CCC1CCN(C)CC1. The Hall–Kier alpha value is -0.0800. The lowest BCUT2D eigenvalue weighted by molar-refractivity contribution is 0.206. The molecule has 1 unspecified atom stereocenters. The first-order valence-corrected chi connectivity index (χ1v) is 8.02. The van der Waals surface area contributed by atoms with Gasteiger partial charge >= 0.3 is 0 Å². The molecule has 2 heterocycles. The molecule has 108 valence electrons. The molecule has 0 amide bonds. The van der Waals surface area contributed by atoms with Crippen molar-refractivity contribution in [2.75, 3.05) is 40.3 Å². The molecule has 0 aromatic carbocycles. The fourth-order valence-corrected chi connectivity index (χ4v) is 3.08. The predicted molar refractivity (Wildman–Crippen MR) is 81.0 cm³/mol. The van der Waals surface area contributed by atoms with Crippen LogP contribution in [-0.2, 0) is 0 Å². The van der Waals surface area contributed by atoms with Crippen molar-refractivity contribution in [1.82, 2.24) is 9.80 Å². The number of nitrogens with zero attached hydrogens (tertiary/aromatic N) is 2. The third-order valence-corrected chi connectivity index (χ3v) is 4.71. The zero-order valence-electron chi connectivity index (χ0n) is 13.1. The van der Waals surface area contributed by atoms with Crippen molar-refractivity contribution in [3.05, 3.63) is 0 Å². The smallest absolute Gasteiger partial charge is 0.000651 e. The van der Waals surface area contributed by atoms with E-state index in [1.54, 1.807) is 0 Å². The van der Waals surface area contributed by atoms with Gasteiger partial charge in [0.25, 0.3) is 0 Å². The van der Waals surface area contributed by atoms with Crippen LogP contribution in [0.1, 0.15) is 52.4 Å². The van der Waals surface area contributed by atoms with E-state index in [0.717, 1.165) is 11.8 Å². The second-order valence-electron chi connectivity index (χ2n) is 6.33. The molecule has 0 aromatic rings. The van der Waals surface area contributed by atoms with Crippen LogP contribution in [-0.4, -0.2) is 50.1 Å². The second kappa shape index (κ2) is 8.92. The van der Waals surface area contributed by atoms with Crippen LogP contribution < -0.4 is 0 Å². The summed E-state index contributed by atoms with van der Waals surface area (Å²) in [5, 5.41) is 0. The van der Waals surface area contributed by atoms with Crippen molar-refractivity contribution in [3.8, 4) is 0 Å². The van der Waals surface area contributed by atoms with Gasteiger partial charge < -0.3 is 9.80 Å². The number of hydrogen-bond donors (Lipinski definition) is 0. The Bertz CT molecular complexity index is 197. The summed E-state index contributed by atoms with van der Waals surface area (Å²) >= 11 is 0. The minimum Gasteiger partial charge on any atom is -0.306 e. The molecular weight excluding hydrogens is 220 g/mol. The van der Waals surface area contributed by atoms with Crippen LogP contribution in [0, 0.1) is 11.8 Å². The zero-order valence-corrected chi connectivity index (χ0v) is 13.1. The molecule has 2 heteroatoms. The third kappa shape index (κ3) is 6.19. The molecule has 0 spiro atoms. The monoisotopic (exact) mass is 254 g/mol. The number of piperidine rings is 2. The first-order valence-electron chi connectivity index (χ1n) is 8.02. The van der Waals surface area contributed by atoms with Crippen LogP contribution in [0.5, 0.6) is 0 Å². The van der Waals surface area contributed by atoms with Gasteiger partial charge in [0.15, 0.2) is 0 Å². The summed E-state index contributed by atoms with van der Waals surface area (Å²) in [5.74, 6) is 2.02. The van der Waals surface area contributed by atoms with Crippen LogP contribution >= 0.6 is 0 Å². The topological polar surface area (TPSA) is 6.48 Å². The molecule has 0 bridgehead atoms. The number of likely N-dealkylation sites (tertiary alicyclic amines) is 2. The molecule has 1 atom stereocenters. The third-order valence-electron chi connectivity index (χ3n) is 4.71. The van der Waals surface area contributed by atoms with Crippen LogP contribution in [0.3, 0.4) is 0 Å². The summed E-state index contributed by atoms with van der Waals surface area (Å²) in [6.07, 6.45) is 8.47. The first-order chi connectivity index (χ1) is 8.65. The van der Waals surface area contributed by atoms with Gasteiger partial charge in [-0.1, -0.05) is 26.7 Å². The quantitative estimate of drug-likeness (QED) is 0.744. The fourth-order valence-electron chi connectivity index (χ4n) is 3.08. The molecule has 0 radical (unpaired) electrons. The van der Waals surface area contributed by atoms with E-state index in [4.69, 9.17) is 0 Å². The second-order valence-corrected chi connectivity index (χ2v) is 6.33. The van der Waals surface area contributed by atoms with Crippen molar-refractivity contribution in [3.63, 3.8) is 0 Å². The van der Waals surface area contributed by atoms with Crippen molar-refractivity contribution < 1.29 is 0 Å². The van der Waals surface area contributed by atoms with Gasteiger partial charge in [-0.25, -0.2) is 0 Å².